The van der Waals surface area contributed by atoms with Gasteiger partial charge in [-0.25, -0.2) is 0 Å². The Kier molecular flexibility index (Phi) is 4.73. The van der Waals surface area contributed by atoms with Crippen LogP contribution in [0.4, 0.5) is 0 Å². The smallest absolute Gasteiger partial charge is 0.320 e. The molecule has 0 aliphatic rings. The number of carboxylic acid groups (broad SMARTS) is 1. The molecule has 1 rings (SSSR count). The molecule has 100 valence electrons. The Hall–Kier alpha value is -1.55. The summed E-state index contributed by atoms with van der Waals surface area (Å²) in [5, 5.41) is 8.86. The van der Waals surface area contributed by atoms with E-state index in [9.17, 15) is 4.79 Å². The maximum atomic E-state index is 10.8. The second kappa shape index (κ2) is 5.87. The van der Waals surface area contributed by atoms with Crippen LogP contribution >= 0.6 is 0 Å². The fourth-order valence-electron chi connectivity index (χ4n) is 1.92. The van der Waals surface area contributed by atoms with E-state index in [1.54, 1.807) is 7.11 Å². The monoisotopic (exact) mass is 251 g/mol. The standard InChI is InChI=1S/C14H21NO3/c1-8(2)11-6-10(7-12(15)14(16)17)9(3)5-13(11)18-4/h5-6,8,12H,7,15H2,1-4H3,(H,16,17). The molecule has 1 unspecified atom stereocenters. The zero-order valence-electron chi connectivity index (χ0n) is 11.4. The number of aliphatic carboxylic acids is 1. The average Bonchev–Trinajstić information content (AvgIpc) is 2.30. The molecule has 0 heterocycles. The first-order valence-electron chi connectivity index (χ1n) is 6.02. The number of methoxy groups -OCH3 is 1. The van der Waals surface area contributed by atoms with Crippen LogP contribution in [0, 0.1) is 6.92 Å². The molecule has 4 heteroatoms. The molecule has 3 N–H and O–H groups in total. The Balaban J connectivity index is 3.13. The Morgan fingerprint density at radius 1 is 1.44 bits per heavy atom. The summed E-state index contributed by atoms with van der Waals surface area (Å²) in [6.45, 7) is 6.10. The van der Waals surface area contributed by atoms with E-state index < -0.39 is 12.0 Å². The number of nitrogens with two attached hydrogens (primary N) is 1. The van der Waals surface area contributed by atoms with E-state index in [4.69, 9.17) is 15.6 Å². The highest BCUT2D eigenvalue weighted by molar-refractivity contribution is 5.73. The van der Waals surface area contributed by atoms with Crippen LogP contribution in [0.5, 0.6) is 5.75 Å². The van der Waals surface area contributed by atoms with Gasteiger partial charge in [0.1, 0.15) is 11.8 Å². The molecule has 0 aromatic heterocycles. The van der Waals surface area contributed by atoms with E-state index in [1.807, 2.05) is 19.1 Å². The minimum Gasteiger partial charge on any atom is -0.496 e. The number of aryl methyl sites for hydroxylation is 1. The fraction of sp³-hybridized carbons (Fsp3) is 0.500. The molecule has 0 amide bonds. The van der Waals surface area contributed by atoms with Gasteiger partial charge < -0.3 is 15.6 Å². The zero-order valence-corrected chi connectivity index (χ0v) is 11.4. The first-order valence-corrected chi connectivity index (χ1v) is 6.02. The molecule has 0 saturated carbocycles. The van der Waals surface area contributed by atoms with Gasteiger partial charge in [-0.2, -0.15) is 0 Å². The Labute approximate surface area is 108 Å². The molecule has 1 aromatic rings. The summed E-state index contributed by atoms with van der Waals surface area (Å²) in [7, 11) is 1.64. The van der Waals surface area contributed by atoms with E-state index in [-0.39, 0.29) is 0 Å². The third kappa shape index (κ3) is 3.23. The molecule has 0 bridgehead atoms. The van der Waals surface area contributed by atoms with Crippen molar-refractivity contribution in [1.82, 2.24) is 0 Å². The van der Waals surface area contributed by atoms with Gasteiger partial charge in [0, 0.05) is 0 Å². The molecule has 0 radical (unpaired) electrons. The van der Waals surface area contributed by atoms with Crippen molar-refractivity contribution < 1.29 is 14.6 Å². The van der Waals surface area contributed by atoms with Crippen LogP contribution < -0.4 is 10.5 Å². The highest BCUT2D eigenvalue weighted by Gasteiger charge is 2.16. The van der Waals surface area contributed by atoms with E-state index in [2.05, 4.69) is 13.8 Å². The summed E-state index contributed by atoms with van der Waals surface area (Å²) < 4.78 is 5.35. The van der Waals surface area contributed by atoms with Crippen molar-refractivity contribution in [3.8, 4) is 5.75 Å². The number of ether oxygens (including phenoxy) is 1. The Bertz CT molecular complexity index is 441. The van der Waals surface area contributed by atoms with Crippen LogP contribution in [-0.2, 0) is 11.2 Å². The van der Waals surface area contributed by atoms with Gasteiger partial charge in [-0.05, 0) is 42.0 Å². The molecule has 0 spiro atoms. The predicted molar refractivity (Wildman–Crippen MR) is 71.1 cm³/mol. The lowest BCUT2D eigenvalue weighted by molar-refractivity contribution is -0.138. The number of carbonyl (C=O) groups is 1. The minimum absolute atomic E-state index is 0.320. The summed E-state index contributed by atoms with van der Waals surface area (Å²) in [5.41, 5.74) is 8.64. The normalized spacial score (nSPS) is 12.6. The maximum Gasteiger partial charge on any atom is 0.320 e. The van der Waals surface area contributed by atoms with Gasteiger partial charge >= 0.3 is 5.97 Å². The van der Waals surface area contributed by atoms with Crippen LogP contribution in [0.25, 0.3) is 0 Å². The number of hydrogen-bond donors (Lipinski definition) is 2. The highest BCUT2D eigenvalue weighted by Crippen LogP contribution is 2.30. The van der Waals surface area contributed by atoms with Gasteiger partial charge in [0.25, 0.3) is 0 Å². The van der Waals surface area contributed by atoms with Crippen LogP contribution in [0.15, 0.2) is 12.1 Å². The first kappa shape index (κ1) is 14.5. The average molecular weight is 251 g/mol. The first-order chi connectivity index (χ1) is 8.36. The van der Waals surface area contributed by atoms with Gasteiger partial charge in [-0.1, -0.05) is 19.9 Å². The highest BCUT2D eigenvalue weighted by atomic mass is 16.5. The lowest BCUT2D eigenvalue weighted by atomic mass is 9.93. The van der Waals surface area contributed by atoms with Crippen molar-refractivity contribution in [3.63, 3.8) is 0 Å². The summed E-state index contributed by atoms with van der Waals surface area (Å²) in [4.78, 5) is 10.8. The van der Waals surface area contributed by atoms with E-state index in [0.29, 0.717) is 12.3 Å². The molecule has 18 heavy (non-hydrogen) atoms. The minimum atomic E-state index is -0.976. The summed E-state index contributed by atoms with van der Waals surface area (Å²) >= 11 is 0. The molecule has 1 atom stereocenters. The zero-order chi connectivity index (χ0) is 13.9. The van der Waals surface area contributed by atoms with Crippen LogP contribution in [0.2, 0.25) is 0 Å². The van der Waals surface area contributed by atoms with Gasteiger partial charge in [-0.3, -0.25) is 4.79 Å². The molecule has 4 nitrogen and oxygen atoms in total. The molecule has 1 aromatic carbocycles. The van der Waals surface area contributed by atoms with Crippen molar-refractivity contribution in [2.45, 2.75) is 39.2 Å². The van der Waals surface area contributed by atoms with E-state index in [0.717, 1.165) is 22.4 Å². The van der Waals surface area contributed by atoms with Gasteiger partial charge in [0.05, 0.1) is 7.11 Å². The summed E-state index contributed by atoms with van der Waals surface area (Å²) in [6.07, 6.45) is 0.338. The molecule has 0 aliphatic heterocycles. The van der Waals surface area contributed by atoms with Crippen LogP contribution in [0.1, 0.15) is 36.5 Å². The van der Waals surface area contributed by atoms with Crippen molar-refractivity contribution >= 4 is 5.97 Å². The third-order valence-electron chi connectivity index (χ3n) is 3.07. The largest absolute Gasteiger partial charge is 0.496 e. The van der Waals surface area contributed by atoms with E-state index >= 15 is 0 Å². The lowest BCUT2D eigenvalue weighted by Gasteiger charge is -2.17. The van der Waals surface area contributed by atoms with Crippen molar-refractivity contribution in [2.24, 2.45) is 5.73 Å². The lowest BCUT2D eigenvalue weighted by Crippen LogP contribution is -2.32. The second-order valence-corrected chi connectivity index (χ2v) is 4.82. The number of benzene rings is 1. The topological polar surface area (TPSA) is 72.5 Å². The van der Waals surface area contributed by atoms with E-state index in [1.165, 1.54) is 0 Å². The SMILES string of the molecule is COc1cc(C)c(CC(N)C(=O)O)cc1C(C)C. The van der Waals surface area contributed by atoms with Gasteiger partial charge in [0.15, 0.2) is 0 Å². The quantitative estimate of drug-likeness (QED) is 0.840. The number of hydrogen-bond acceptors (Lipinski definition) is 3. The third-order valence-corrected chi connectivity index (χ3v) is 3.07. The summed E-state index contributed by atoms with van der Waals surface area (Å²) in [5.74, 6) is 0.187. The van der Waals surface area contributed by atoms with Gasteiger partial charge in [0.2, 0.25) is 0 Å². The Morgan fingerprint density at radius 2 is 2.06 bits per heavy atom. The molecular weight excluding hydrogens is 230 g/mol. The van der Waals surface area contributed by atoms with Crippen molar-refractivity contribution in [2.75, 3.05) is 7.11 Å². The number of carboxylic acids is 1. The fourth-order valence-corrected chi connectivity index (χ4v) is 1.92. The van der Waals surface area contributed by atoms with Gasteiger partial charge in [-0.15, -0.1) is 0 Å². The summed E-state index contributed by atoms with van der Waals surface area (Å²) in [6, 6.07) is 3.08. The van der Waals surface area contributed by atoms with Crippen LogP contribution in [-0.4, -0.2) is 24.2 Å². The van der Waals surface area contributed by atoms with Crippen LogP contribution in [0.3, 0.4) is 0 Å². The second-order valence-electron chi connectivity index (χ2n) is 4.82. The predicted octanol–water partition coefficient (Wildman–Crippen LogP) is 2.08. The molecule has 0 saturated heterocycles. The van der Waals surface area contributed by atoms with Crippen molar-refractivity contribution in [3.05, 3.63) is 28.8 Å². The molecular formula is C14H21NO3. The number of rotatable bonds is 5. The Morgan fingerprint density at radius 3 is 2.50 bits per heavy atom. The molecule has 0 fully saturated rings. The van der Waals surface area contributed by atoms with Crippen molar-refractivity contribution in [1.29, 1.82) is 0 Å². The maximum absolute atomic E-state index is 10.8. The molecule has 0 aliphatic carbocycles.